The number of hydrogen-bond acceptors (Lipinski definition) is 0. The van der Waals surface area contributed by atoms with Gasteiger partial charge in [0.1, 0.15) is 0 Å². The summed E-state index contributed by atoms with van der Waals surface area (Å²) in [6.45, 7) is 6.65. The van der Waals surface area contributed by atoms with Gasteiger partial charge in [0.05, 0.1) is 0 Å². The van der Waals surface area contributed by atoms with Crippen LogP contribution >= 0.6 is 15.9 Å². The van der Waals surface area contributed by atoms with Crippen LogP contribution < -0.4 is 0 Å². The Morgan fingerprint density at radius 1 is 0.562 bits per heavy atom. The van der Waals surface area contributed by atoms with Gasteiger partial charge in [-0.2, -0.15) is 0 Å². The fraction of sp³-hybridized carbons (Fsp3) is 0.0968. The van der Waals surface area contributed by atoms with Gasteiger partial charge in [0.25, 0.3) is 0 Å². The minimum atomic E-state index is 1.10. The van der Waals surface area contributed by atoms with E-state index in [4.69, 9.17) is 0 Å². The van der Waals surface area contributed by atoms with Crippen molar-refractivity contribution in [2.24, 2.45) is 0 Å². The smallest absolute Gasteiger partial charge is 0.0175 e. The van der Waals surface area contributed by atoms with Crippen molar-refractivity contribution in [3.63, 3.8) is 0 Å². The van der Waals surface area contributed by atoms with Gasteiger partial charge in [-0.1, -0.05) is 106 Å². The SMILES string of the molecule is Cc1cc(C)c(-c2c3ccccc3c(/C=C/c3ccc(Br)cc3)c3ccccc23)c(C)c1. The van der Waals surface area contributed by atoms with Crippen LogP contribution in [0.15, 0.2) is 89.4 Å². The van der Waals surface area contributed by atoms with Crippen LogP contribution in [-0.4, -0.2) is 0 Å². The lowest BCUT2D eigenvalue weighted by molar-refractivity contribution is 1.33. The average Bonchev–Trinajstić information content (AvgIpc) is 2.78. The maximum atomic E-state index is 3.53. The van der Waals surface area contributed by atoms with Crippen molar-refractivity contribution in [1.82, 2.24) is 0 Å². The van der Waals surface area contributed by atoms with Crippen molar-refractivity contribution in [3.05, 3.63) is 117 Å². The fourth-order valence-corrected chi connectivity index (χ4v) is 5.20. The number of fused-ring (bicyclic) bond motifs is 2. The second-order valence-electron chi connectivity index (χ2n) is 8.54. The Morgan fingerprint density at radius 2 is 1.06 bits per heavy atom. The molecule has 0 saturated heterocycles. The summed E-state index contributed by atoms with van der Waals surface area (Å²) in [4.78, 5) is 0. The van der Waals surface area contributed by atoms with Crippen LogP contribution in [0, 0.1) is 20.8 Å². The van der Waals surface area contributed by atoms with Crippen LogP contribution in [0.4, 0.5) is 0 Å². The van der Waals surface area contributed by atoms with Crippen molar-refractivity contribution < 1.29 is 0 Å². The largest absolute Gasteiger partial charge is 0.0616 e. The van der Waals surface area contributed by atoms with Gasteiger partial charge in [-0.05, 0) is 87.8 Å². The summed E-state index contributed by atoms with van der Waals surface area (Å²) >= 11 is 3.53. The molecule has 0 heterocycles. The first-order valence-electron chi connectivity index (χ1n) is 11.0. The summed E-state index contributed by atoms with van der Waals surface area (Å²) < 4.78 is 1.10. The summed E-state index contributed by atoms with van der Waals surface area (Å²) in [5.41, 5.74) is 9.12. The molecule has 0 aliphatic rings. The first kappa shape index (κ1) is 20.7. The van der Waals surface area contributed by atoms with Crippen molar-refractivity contribution in [2.45, 2.75) is 20.8 Å². The van der Waals surface area contributed by atoms with Gasteiger partial charge in [0.2, 0.25) is 0 Å². The normalized spacial score (nSPS) is 11.6. The van der Waals surface area contributed by atoms with Crippen LogP contribution in [0.3, 0.4) is 0 Å². The number of halogens is 1. The minimum absolute atomic E-state index is 1.10. The van der Waals surface area contributed by atoms with Crippen molar-refractivity contribution in [3.8, 4) is 11.1 Å². The van der Waals surface area contributed by atoms with Gasteiger partial charge >= 0.3 is 0 Å². The minimum Gasteiger partial charge on any atom is -0.0616 e. The van der Waals surface area contributed by atoms with Crippen LogP contribution in [0.25, 0.3) is 44.8 Å². The highest BCUT2D eigenvalue weighted by Crippen LogP contribution is 2.42. The van der Waals surface area contributed by atoms with Crippen LogP contribution in [0.1, 0.15) is 27.8 Å². The summed E-state index contributed by atoms with van der Waals surface area (Å²) in [7, 11) is 0. The summed E-state index contributed by atoms with van der Waals surface area (Å²) in [5, 5.41) is 5.18. The molecule has 5 aromatic carbocycles. The highest BCUT2D eigenvalue weighted by atomic mass is 79.9. The Morgan fingerprint density at radius 3 is 1.59 bits per heavy atom. The summed E-state index contributed by atoms with van der Waals surface area (Å²) in [6, 6.07) is 30.7. The van der Waals surface area contributed by atoms with E-state index < -0.39 is 0 Å². The molecule has 0 atom stereocenters. The van der Waals surface area contributed by atoms with Crippen LogP contribution in [-0.2, 0) is 0 Å². The zero-order chi connectivity index (χ0) is 22.2. The number of hydrogen-bond donors (Lipinski definition) is 0. The molecular formula is C31H25Br. The molecule has 0 unspecified atom stereocenters. The number of aryl methyl sites for hydroxylation is 3. The topological polar surface area (TPSA) is 0 Å². The second-order valence-corrected chi connectivity index (χ2v) is 9.45. The van der Waals surface area contributed by atoms with Gasteiger partial charge in [0.15, 0.2) is 0 Å². The summed E-state index contributed by atoms with van der Waals surface area (Å²) in [6.07, 6.45) is 4.48. The van der Waals surface area contributed by atoms with E-state index in [9.17, 15) is 0 Å². The summed E-state index contributed by atoms with van der Waals surface area (Å²) in [5.74, 6) is 0. The Labute approximate surface area is 198 Å². The van der Waals surface area contributed by atoms with E-state index in [1.165, 1.54) is 60.5 Å². The highest BCUT2D eigenvalue weighted by molar-refractivity contribution is 9.10. The van der Waals surface area contributed by atoms with E-state index in [1.807, 2.05) is 0 Å². The van der Waals surface area contributed by atoms with E-state index in [0.29, 0.717) is 0 Å². The molecule has 1 heteroatoms. The lowest BCUT2D eigenvalue weighted by Gasteiger charge is -2.19. The third-order valence-electron chi connectivity index (χ3n) is 6.21. The average molecular weight is 477 g/mol. The van der Waals surface area contributed by atoms with E-state index in [-0.39, 0.29) is 0 Å². The molecular weight excluding hydrogens is 452 g/mol. The van der Waals surface area contributed by atoms with E-state index in [2.05, 4.69) is 134 Å². The molecule has 0 radical (unpaired) electrons. The second kappa shape index (κ2) is 8.41. The first-order chi connectivity index (χ1) is 15.5. The molecule has 0 bridgehead atoms. The Bertz CT molecular complexity index is 1410. The molecule has 0 spiro atoms. The molecule has 0 N–H and O–H groups in total. The molecule has 0 aliphatic heterocycles. The molecule has 0 nitrogen and oxygen atoms in total. The van der Waals surface area contributed by atoms with Gasteiger partial charge in [0, 0.05) is 4.47 Å². The quantitative estimate of drug-likeness (QED) is 0.179. The predicted molar refractivity (Wildman–Crippen MR) is 144 cm³/mol. The number of benzene rings is 5. The highest BCUT2D eigenvalue weighted by Gasteiger charge is 2.17. The molecule has 0 fully saturated rings. The van der Waals surface area contributed by atoms with Gasteiger partial charge in [-0.15, -0.1) is 0 Å². The third kappa shape index (κ3) is 3.67. The Balaban J connectivity index is 1.85. The van der Waals surface area contributed by atoms with E-state index in [1.54, 1.807) is 0 Å². The Kier molecular flexibility index (Phi) is 5.45. The van der Waals surface area contributed by atoms with E-state index >= 15 is 0 Å². The number of rotatable bonds is 3. The van der Waals surface area contributed by atoms with Crippen LogP contribution in [0.5, 0.6) is 0 Å². The van der Waals surface area contributed by atoms with E-state index in [0.717, 1.165) is 4.47 Å². The van der Waals surface area contributed by atoms with Crippen molar-refractivity contribution in [2.75, 3.05) is 0 Å². The Hall–Kier alpha value is -3.16. The zero-order valence-corrected chi connectivity index (χ0v) is 20.2. The van der Waals surface area contributed by atoms with Crippen molar-refractivity contribution >= 4 is 49.6 Å². The molecule has 0 aliphatic carbocycles. The molecule has 0 saturated carbocycles. The molecule has 5 aromatic rings. The molecule has 0 amide bonds. The predicted octanol–water partition coefficient (Wildman–Crippen LogP) is 9.52. The first-order valence-corrected chi connectivity index (χ1v) is 11.8. The maximum Gasteiger partial charge on any atom is 0.0175 e. The van der Waals surface area contributed by atoms with Crippen LogP contribution in [0.2, 0.25) is 0 Å². The van der Waals surface area contributed by atoms with Gasteiger partial charge in [-0.3, -0.25) is 0 Å². The monoisotopic (exact) mass is 476 g/mol. The molecule has 32 heavy (non-hydrogen) atoms. The molecule has 0 aromatic heterocycles. The maximum absolute atomic E-state index is 3.53. The molecule has 5 rings (SSSR count). The standard InChI is InChI=1S/C31H25Br/c1-20-18-21(2)30(22(3)19-20)31-28-10-6-4-8-25(28)27(26-9-5-7-11-29(26)31)17-14-23-12-15-24(32)16-13-23/h4-19H,1-3H3/b17-14+. The lowest BCUT2D eigenvalue weighted by atomic mass is 9.84. The van der Waals surface area contributed by atoms with Crippen molar-refractivity contribution in [1.29, 1.82) is 0 Å². The third-order valence-corrected chi connectivity index (χ3v) is 6.74. The van der Waals surface area contributed by atoms with Gasteiger partial charge in [-0.25, -0.2) is 0 Å². The fourth-order valence-electron chi connectivity index (χ4n) is 4.94. The zero-order valence-electron chi connectivity index (χ0n) is 18.6. The molecule has 156 valence electrons. The lowest BCUT2D eigenvalue weighted by Crippen LogP contribution is -1.95. The van der Waals surface area contributed by atoms with Gasteiger partial charge < -0.3 is 0 Å².